The highest BCUT2D eigenvalue weighted by molar-refractivity contribution is 5.72. The first kappa shape index (κ1) is 29.4. The molecule has 0 heterocycles. The van der Waals surface area contributed by atoms with Crippen molar-refractivity contribution in [2.45, 2.75) is 77.0 Å². The van der Waals surface area contributed by atoms with Gasteiger partial charge in [0, 0.05) is 11.1 Å². The van der Waals surface area contributed by atoms with Crippen LogP contribution in [0.2, 0.25) is 0 Å². The molecule has 5 rings (SSSR count). The summed E-state index contributed by atoms with van der Waals surface area (Å²) in [6.07, 6.45) is 12.6. The van der Waals surface area contributed by atoms with Crippen LogP contribution in [-0.4, -0.2) is 6.61 Å². The molecule has 218 valence electrons. The van der Waals surface area contributed by atoms with Gasteiger partial charge in [-0.2, -0.15) is 4.39 Å². The number of unbranched alkanes of at least 4 members (excludes halogenated alkanes) is 1. The van der Waals surface area contributed by atoms with Crippen LogP contribution in [0.15, 0.2) is 61.2 Å². The van der Waals surface area contributed by atoms with Gasteiger partial charge in [-0.15, -0.1) is 6.58 Å². The second-order valence-corrected chi connectivity index (χ2v) is 11.9. The molecule has 3 aromatic rings. The van der Waals surface area contributed by atoms with Gasteiger partial charge in [0.2, 0.25) is 5.82 Å². The molecule has 2 aliphatic rings. The van der Waals surface area contributed by atoms with Gasteiger partial charge in [0.05, 0.1) is 6.61 Å². The van der Waals surface area contributed by atoms with Crippen molar-refractivity contribution in [3.05, 3.63) is 90.0 Å². The van der Waals surface area contributed by atoms with Gasteiger partial charge in [-0.3, -0.25) is 0 Å². The fourth-order valence-corrected chi connectivity index (χ4v) is 6.88. The van der Waals surface area contributed by atoms with Gasteiger partial charge in [-0.1, -0.05) is 55.8 Å². The maximum absolute atomic E-state index is 15.4. The van der Waals surface area contributed by atoms with Crippen molar-refractivity contribution < 1.29 is 22.3 Å². The fraction of sp³-hybridized carbons (Fsp3) is 0.444. The van der Waals surface area contributed by atoms with Gasteiger partial charge < -0.3 is 4.74 Å². The summed E-state index contributed by atoms with van der Waals surface area (Å²) in [5, 5.41) is 0. The topological polar surface area (TPSA) is 9.23 Å². The predicted molar refractivity (Wildman–Crippen MR) is 158 cm³/mol. The van der Waals surface area contributed by atoms with Gasteiger partial charge in [-0.05, 0) is 110 Å². The maximum Gasteiger partial charge on any atom is 0.201 e. The average Bonchev–Trinajstić information content (AvgIpc) is 3.01. The van der Waals surface area contributed by atoms with E-state index in [1.54, 1.807) is 36.4 Å². The first-order chi connectivity index (χ1) is 19.9. The molecule has 3 aromatic carbocycles. The minimum atomic E-state index is -1.03. The maximum atomic E-state index is 15.4. The van der Waals surface area contributed by atoms with E-state index in [4.69, 9.17) is 4.74 Å². The van der Waals surface area contributed by atoms with Gasteiger partial charge in [0.15, 0.2) is 23.2 Å². The van der Waals surface area contributed by atoms with Gasteiger partial charge >= 0.3 is 0 Å². The fourth-order valence-electron chi connectivity index (χ4n) is 6.88. The number of hydrogen-bond donors (Lipinski definition) is 0. The Morgan fingerprint density at radius 3 is 1.78 bits per heavy atom. The molecule has 0 N–H and O–H groups in total. The van der Waals surface area contributed by atoms with Crippen molar-refractivity contribution in [3.8, 4) is 28.0 Å². The van der Waals surface area contributed by atoms with Crippen LogP contribution in [0.3, 0.4) is 0 Å². The lowest BCUT2D eigenvalue weighted by molar-refractivity contribution is 0.171. The minimum absolute atomic E-state index is 0.0356. The van der Waals surface area contributed by atoms with Crippen molar-refractivity contribution in [1.82, 2.24) is 0 Å². The molecule has 0 amide bonds. The molecule has 0 aliphatic heterocycles. The zero-order valence-electron chi connectivity index (χ0n) is 23.9. The number of ether oxygens (including phenoxy) is 1. The van der Waals surface area contributed by atoms with Crippen LogP contribution in [-0.2, 0) is 0 Å². The summed E-state index contributed by atoms with van der Waals surface area (Å²) in [6.45, 7) is 6.25. The number of hydrogen-bond acceptors (Lipinski definition) is 1. The van der Waals surface area contributed by atoms with Gasteiger partial charge in [0.25, 0.3) is 0 Å². The van der Waals surface area contributed by atoms with E-state index >= 15 is 8.78 Å². The molecular weight excluding hydrogens is 524 g/mol. The molecule has 1 nitrogen and oxygen atoms in total. The van der Waals surface area contributed by atoms with E-state index < -0.39 is 23.3 Å². The Morgan fingerprint density at radius 2 is 1.22 bits per heavy atom. The Morgan fingerprint density at radius 1 is 0.683 bits per heavy atom. The van der Waals surface area contributed by atoms with Crippen molar-refractivity contribution in [3.63, 3.8) is 0 Å². The molecule has 0 unspecified atom stereocenters. The SMILES string of the molecule is C=CC1CCC(C2CCC(c3ccc(-c4ccc(-c5ccc(OCCCC)c(F)c5F)cc4)c(F)c3F)CC2)CC1. The van der Waals surface area contributed by atoms with Crippen molar-refractivity contribution in [1.29, 1.82) is 0 Å². The normalized spacial score (nSPS) is 22.9. The van der Waals surface area contributed by atoms with Crippen LogP contribution in [0.1, 0.15) is 82.6 Å². The zero-order valence-corrected chi connectivity index (χ0v) is 23.9. The van der Waals surface area contributed by atoms with Crippen LogP contribution in [0, 0.1) is 41.0 Å². The van der Waals surface area contributed by atoms with E-state index in [1.807, 2.05) is 6.92 Å². The summed E-state index contributed by atoms with van der Waals surface area (Å²) in [6, 6.07) is 12.7. The summed E-state index contributed by atoms with van der Waals surface area (Å²) in [5.74, 6) is -1.63. The molecular formula is C36H40F4O. The minimum Gasteiger partial charge on any atom is -0.490 e. The molecule has 2 aliphatic carbocycles. The molecule has 0 radical (unpaired) electrons. The Labute approximate surface area is 241 Å². The number of benzene rings is 3. The Hall–Kier alpha value is -3.08. The summed E-state index contributed by atoms with van der Waals surface area (Å²) >= 11 is 0. The highest BCUT2D eigenvalue weighted by Gasteiger charge is 2.32. The van der Waals surface area contributed by atoms with Crippen LogP contribution in [0.4, 0.5) is 17.6 Å². The summed E-state index contributed by atoms with van der Waals surface area (Å²) in [7, 11) is 0. The second kappa shape index (κ2) is 13.3. The molecule has 5 heteroatoms. The third kappa shape index (κ3) is 6.39. The quantitative estimate of drug-likeness (QED) is 0.143. The molecule has 41 heavy (non-hydrogen) atoms. The lowest BCUT2D eigenvalue weighted by Crippen LogP contribution is -2.25. The van der Waals surface area contributed by atoms with Crippen molar-refractivity contribution in [2.24, 2.45) is 17.8 Å². The number of halogens is 4. The first-order valence-electron chi connectivity index (χ1n) is 15.2. The van der Waals surface area contributed by atoms with E-state index in [1.165, 1.54) is 37.8 Å². The summed E-state index contributed by atoms with van der Waals surface area (Å²) in [4.78, 5) is 0. The molecule has 0 bridgehead atoms. The van der Waals surface area contributed by atoms with Crippen molar-refractivity contribution in [2.75, 3.05) is 6.61 Å². The van der Waals surface area contributed by atoms with E-state index in [-0.39, 0.29) is 22.8 Å². The largest absolute Gasteiger partial charge is 0.490 e. The summed E-state index contributed by atoms with van der Waals surface area (Å²) < 4.78 is 65.4. The van der Waals surface area contributed by atoms with Crippen LogP contribution in [0.25, 0.3) is 22.3 Å². The predicted octanol–water partition coefficient (Wildman–Crippen LogP) is 11.0. The van der Waals surface area contributed by atoms with Crippen LogP contribution in [0.5, 0.6) is 5.75 Å². The molecule has 0 aromatic heterocycles. The third-order valence-electron chi connectivity index (χ3n) is 9.45. The van der Waals surface area contributed by atoms with Crippen LogP contribution >= 0.6 is 0 Å². The van der Waals surface area contributed by atoms with Crippen LogP contribution < -0.4 is 4.74 Å². The molecule has 2 fully saturated rings. The van der Waals surface area contributed by atoms with E-state index in [2.05, 4.69) is 12.7 Å². The lowest BCUT2D eigenvalue weighted by atomic mass is 9.68. The standard InChI is InChI=1S/C36H40F4O/c1-3-5-22-41-32-21-20-31(35(39)36(32)40)28-16-14-27(15-17-28)30-19-18-29(33(37)34(30)38)26-12-10-25(11-13-26)24-8-6-23(4-2)7-9-24/h4,14-21,23-26H,2-3,5-13,22H2,1H3. The smallest absolute Gasteiger partial charge is 0.201 e. The zero-order chi connectivity index (χ0) is 28.9. The van der Waals surface area contributed by atoms with E-state index in [0.717, 1.165) is 44.4 Å². The Bertz CT molecular complexity index is 1330. The highest BCUT2D eigenvalue weighted by atomic mass is 19.2. The molecule has 0 saturated heterocycles. The second-order valence-electron chi connectivity index (χ2n) is 11.9. The monoisotopic (exact) mass is 564 g/mol. The number of rotatable bonds is 9. The van der Waals surface area contributed by atoms with Crippen molar-refractivity contribution >= 4 is 0 Å². The molecule has 2 saturated carbocycles. The Kier molecular flexibility index (Phi) is 9.52. The first-order valence-corrected chi connectivity index (χ1v) is 15.2. The van der Waals surface area contributed by atoms with E-state index in [0.29, 0.717) is 35.1 Å². The van der Waals surface area contributed by atoms with Gasteiger partial charge in [0.1, 0.15) is 0 Å². The molecule has 0 spiro atoms. The Balaban J connectivity index is 1.26. The summed E-state index contributed by atoms with van der Waals surface area (Å²) in [5.41, 5.74) is 1.64. The lowest BCUT2D eigenvalue weighted by Gasteiger charge is -2.37. The molecule has 0 atom stereocenters. The van der Waals surface area contributed by atoms with E-state index in [9.17, 15) is 8.78 Å². The highest BCUT2D eigenvalue weighted by Crippen LogP contribution is 2.45. The third-order valence-corrected chi connectivity index (χ3v) is 9.45. The van der Waals surface area contributed by atoms with Gasteiger partial charge in [-0.25, -0.2) is 13.2 Å². The average molecular weight is 565 g/mol. The number of allylic oxidation sites excluding steroid dienone is 1.